The molecule has 1 aliphatic rings. The van der Waals surface area contributed by atoms with Gasteiger partial charge in [0.25, 0.3) is 0 Å². The summed E-state index contributed by atoms with van der Waals surface area (Å²) in [6, 6.07) is 4.59. The molecule has 0 amide bonds. The van der Waals surface area contributed by atoms with Crippen LogP contribution in [0.4, 0.5) is 0 Å². The molecular formula is C11H13Cl2NO3S. The summed E-state index contributed by atoms with van der Waals surface area (Å²) in [5.74, 6) is 0. The molecule has 0 radical (unpaired) electrons. The van der Waals surface area contributed by atoms with Crippen molar-refractivity contribution in [2.75, 3.05) is 13.2 Å². The average molecular weight is 310 g/mol. The Labute approximate surface area is 116 Å². The topological polar surface area (TPSA) is 55.4 Å². The van der Waals surface area contributed by atoms with Gasteiger partial charge in [0.2, 0.25) is 10.0 Å². The summed E-state index contributed by atoms with van der Waals surface area (Å²) >= 11 is 11.7. The molecule has 1 aromatic rings. The van der Waals surface area contributed by atoms with E-state index in [2.05, 4.69) is 4.72 Å². The second kappa shape index (κ2) is 5.75. The van der Waals surface area contributed by atoms with Crippen LogP contribution in [0.15, 0.2) is 23.1 Å². The average Bonchev–Trinajstić information content (AvgIpc) is 2.78. The van der Waals surface area contributed by atoms with Crippen molar-refractivity contribution in [3.05, 3.63) is 28.2 Å². The van der Waals surface area contributed by atoms with Crippen molar-refractivity contribution in [3.63, 3.8) is 0 Å². The summed E-state index contributed by atoms with van der Waals surface area (Å²) in [6.45, 7) is 0.920. The molecule has 1 fully saturated rings. The van der Waals surface area contributed by atoms with E-state index in [1.165, 1.54) is 12.1 Å². The van der Waals surface area contributed by atoms with Gasteiger partial charge in [-0.2, -0.15) is 0 Å². The molecule has 1 aromatic carbocycles. The fourth-order valence-electron chi connectivity index (χ4n) is 1.82. The van der Waals surface area contributed by atoms with Crippen molar-refractivity contribution in [2.45, 2.75) is 23.8 Å². The lowest BCUT2D eigenvalue weighted by atomic mass is 10.2. The van der Waals surface area contributed by atoms with E-state index in [-0.39, 0.29) is 27.6 Å². The molecule has 4 nitrogen and oxygen atoms in total. The minimum absolute atomic E-state index is 0.0685. The minimum Gasteiger partial charge on any atom is -0.377 e. The summed E-state index contributed by atoms with van der Waals surface area (Å²) in [4.78, 5) is -0.0775. The largest absolute Gasteiger partial charge is 0.377 e. The van der Waals surface area contributed by atoms with E-state index in [4.69, 9.17) is 27.9 Å². The molecule has 1 N–H and O–H groups in total. The molecule has 0 bridgehead atoms. The van der Waals surface area contributed by atoms with E-state index in [1.54, 1.807) is 6.07 Å². The Morgan fingerprint density at radius 3 is 2.56 bits per heavy atom. The molecule has 0 spiro atoms. The predicted octanol–water partition coefficient (Wildman–Crippen LogP) is 2.45. The maximum Gasteiger partial charge on any atom is 0.243 e. The minimum atomic E-state index is -3.70. The second-order valence-corrected chi connectivity index (χ2v) is 6.56. The molecule has 7 heteroatoms. The van der Waals surface area contributed by atoms with Crippen molar-refractivity contribution in [3.8, 4) is 0 Å². The molecule has 0 saturated carbocycles. The fraction of sp³-hybridized carbons (Fsp3) is 0.455. The zero-order chi connectivity index (χ0) is 13.2. The highest BCUT2D eigenvalue weighted by molar-refractivity contribution is 7.89. The zero-order valence-corrected chi connectivity index (χ0v) is 11.9. The maximum absolute atomic E-state index is 12.1. The van der Waals surface area contributed by atoms with Crippen LogP contribution in [-0.2, 0) is 14.8 Å². The van der Waals surface area contributed by atoms with E-state index in [0.29, 0.717) is 6.61 Å². The third-order valence-corrected chi connectivity index (χ3v) is 5.09. The van der Waals surface area contributed by atoms with Crippen LogP contribution in [0.1, 0.15) is 12.8 Å². The first-order valence-electron chi connectivity index (χ1n) is 5.56. The summed E-state index contributed by atoms with van der Waals surface area (Å²) in [5.41, 5.74) is 0. The summed E-state index contributed by atoms with van der Waals surface area (Å²) in [5, 5.41) is 0.227. The van der Waals surface area contributed by atoms with Crippen molar-refractivity contribution >= 4 is 33.2 Å². The van der Waals surface area contributed by atoms with Gasteiger partial charge in [-0.3, -0.25) is 0 Å². The molecule has 100 valence electrons. The number of ether oxygens (including phenoxy) is 1. The Kier molecular flexibility index (Phi) is 4.50. The number of hydrogen-bond acceptors (Lipinski definition) is 3. The van der Waals surface area contributed by atoms with E-state index >= 15 is 0 Å². The fourth-order valence-corrected chi connectivity index (χ4v) is 4.03. The Balaban J connectivity index is 2.15. The molecule has 1 saturated heterocycles. The lowest BCUT2D eigenvalue weighted by molar-refractivity contribution is 0.114. The van der Waals surface area contributed by atoms with Gasteiger partial charge in [-0.05, 0) is 25.0 Å². The van der Waals surface area contributed by atoms with Crippen molar-refractivity contribution in [2.24, 2.45) is 0 Å². The van der Waals surface area contributed by atoms with Gasteiger partial charge in [-0.15, -0.1) is 0 Å². The Hall–Kier alpha value is -0.330. The van der Waals surface area contributed by atoms with E-state index in [9.17, 15) is 8.42 Å². The Bertz CT molecular complexity index is 507. The molecule has 0 aromatic heterocycles. The third kappa shape index (κ3) is 3.16. The molecule has 18 heavy (non-hydrogen) atoms. The number of nitrogens with one attached hydrogen (secondary N) is 1. The smallest absolute Gasteiger partial charge is 0.243 e. The van der Waals surface area contributed by atoms with Crippen LogP contribution < -0.4 is 4.72 Å². The summed E-state index contributed by atoms with van der Waals surface area (Å²) in [7, 11) is -3.70. The first kappa shape index (κ1) is 14.1. The van der Waals surface area contributed by atoms with Crippen LogP contribution in [-0.4, -0.2) is 27.7 Å². The van der Waals surface area contributed by atoms with Crippen molar-refractivity contribution in [1.29, 1.82) is 0 Å². The molecule has 1 atom stereocenters. The third-order valence-electron chi connectivity index (χ3n) is 2.71. The van der Waals surface area contributed by atoms with E-state index < -0.39 is 10.0 Å². The lowest BCUT2D eigenvalue weighted by Crippen LogP contribution is -2.32. The van der Waals surface area contributed by atoms with Gasteiger partial charge in [0.05, 0.1) is 16.1 Å². The molecule has 2 rings (SSSR count). The van der Waals surface area contributed by atoms with Crippen LogP contribution in [0.5, 0.6) is 0 Å². The number of halogens is 2. The van der Waals surface area contributed by atoms with Gasteiger partial charge in [-0.1, -0.05) is 29.3 Å². The first-order valence-corrected chi connectivity index (χ1v) is 7.80. The summed E-state index contributed by atoms with van der Waals surface area (Å²) < 4.78 is 32.0. The molecule has 1 heterocycles. The molecular weight excluding hydrogens is 297 g/mol. The van der Waals surface area contributed by atoms with Crippen molar-refractivity contribution in [1.82, 2.24) is 4.72 Å². The van der Waals surface area contributed by atoms with Gasteiger partial charge in [0.15, 0.2) is 0 Å². The summed E-state index contributed by atoms with van der Waals surface area (Å²) in [6.07, 6.45) is 1.75. The zero-order valence-electron chi connectivity index (χ0n) is 9.53. The first-order chi connectivity index (χ1) is 8.50. The van der Waals surface area contributed by atoms with Gasteiger partial charge < -0.3 is 4.74 Å². The molecule has 1 aliphatic heterocycles. The van der Waals surface area contributed by atoms with Gasteiger partial charge in [-0.25, -0.2) is 13.1 Å². The quantitative estimate of drug-likeness (QED) is 0.929. The van der Waals surface area contributed by atoms with Crippen LogP contribution in [0.3, 0.4) is 0 Å². The normalized spacial score (nSPS) is 20.2. The van der Waals surface area contributed by atoms with Crippen LogP contribution in [0.2, 0.25) is 10.0 Å². The maximum atomic E-state index is 12.1. The highest BCUT2D eigenvalue weighted by atomic mass is 35.5. The highest BCUT2D eigenvalue weighted by Gasteiger charge is 2.24. The molecule has 0 unspecified atom stereocenters. The number of hydrogen-bond donors (Lipinski definition) is 1. The number of sulfonamides is 1. The highest BCUT2D eigenvalue weighted by Crippen LogP contribution is 2.28. The predicted molar refractivity (Wildman–Crippen MR) is 70.6 cm³/mol. The van der Waals surface area contributed by atoms with Crippen LogP contribution in [0, 0.1) is 0 Å². The van der Waals surface area contributed by atoms with Crippen LogP contribution >= 0.6 is 23.2 Å². The Morgan fingerprint density at radius 1 is 1.33 bits per heavy atom. The SMILES string of the molecule is O=S(=O)(NC[C@@H]1CCCO1)c1c(Cl)cccc1Cl. The van der Waals surface area contributed by atoms with Crippen molar-refractivity contribution < 1.29 is 13.2 Å². The second-order valence-electron chi connectivity index (χ2n) is 4.04. The number of benzene rings is 1. The van der Waals surface area contributed by atoms with Gasteiger partial charge >= 0.3 is 0 Å². The van der Waals surface area contributed by atoms with Gasteiger partial charge in [0.1, 0.15) is 4.90 Å². The van der Waals surface area contributed by atoms with E-state index in [1.807, 2.05) is 0 Å². The lowest BCUT2D eigenvalue weighted by Gasteiger charge is -2.13. The standard InChI is InChI=1S/C11H13Cl2NO3S/c12-9-4-1-5-10(13)11(9)18(15,16)14-7-8-3-2-6-17-8/h1,4-5,8,14H,2-3,6-7H2/t8-/m0/s1. The van der Waals surface area contributed by atoms with E-state index in [0.717, 1.165) is 12.8 Å². The number of rotatable bonds is 4. The molecule has 0 aliphatic carbocycles. The monoisotopic (exact) mass is 309 g/mol. The van der Waals surface area contributed by atoms with Crippen LogP contribution in [0.25, 0.3) is 0 Å². The van der Waals surface area contributed by atoms with Gasteiger partial charge in [0, 0.05) is 13.2 Å². The Morgan fingerprint density at radius 2 is 2.00 bits per heavy atom.